The second kappa shape index (κ2) is 5.31. The van der Waals surface area contributed by atoms with Crippen LogP contribution in [0.4, 0.5) is 4.39 Å². The van der Waals surface area contributed by atoms with Crippen LogP contribution in [0.5, 0.6) is 0 Å². The highest BCUT2D eigenvalue weighted by Gasteiger charge is 2.13. The molecule has 18 heavy (non-hydrogen) atoms. The van der Waals surface area contributed by atoms with Gasteiger partial charge in [0.15, 0.2) is 0 Å². The Morgan fingerprint density at radius 2 is 2.22 bits per heavy atom. The molecule has 0 amide bonds. The van der Waals surface area contributed by atoms with E-state index in [1.165, 1.54) is 6.07 Å². The van der Waals surface area contributed by atoms with E-state index < -0.39 is 0 Å². The number of hydrogen-bond donors (Lipinski definition) is 1. The molecule has 0 radical (unpaired) electrons. The predicted octanol–water partition coefficient (Wildman–Crippen LogP) is 2.60. The van der Waals surface area contributed by atoms with E-state index in [1.54, 1.807) is 16.9 Å². The summed E-state index contributed by atoms with van der Waals surface area (Å²) in [6.45, 7) is 3.96. The number of halogens is 1. The second-order valence-corrected chi connectivity index (χ2v) is 4.57. The van der Waals surface area contributed by atoms with Crippen molar-refractivity contribution in [2.45, 2.75) is 32.7 Å². The molecule has 0 spiro atoms. The molecule has 2 aromatic rings. The van der Waals surface area contributed by atoms with Crippen molar-refractivity contribution in [2.75, 3.05) is 0 Å². The summed E-state index contributed by atoms with van der Waals surface area (Å²) < 4.78 is 15.6. The standard InChI is InChI=1S/C14H18FN3/c1-3-11(16)7-12-13(15)5-4-6-14(12)18-9-10(2)8-17-18/h4-6,8-9,11H,3,7,16H2,1-2H3. The molecular weight excluding hydrogens is 229 g/mol. The number of benzene rings is 1. The second-order valence-electron chi connectivity index (χ2n) is 4.57. The van der Waals surface area contributed by atoms with Crippen molar-refractivity contribution >= 4 is 0 Å². The Balaban J connectivity index is 2.43. The Morgan fingerprint density at radius 1 is 1.44 bits per heavy atom. The summed E-state index contributed by atoms with van der Waals surface area (Å²) in [6, 6.07) is 5.00. The highest BCUT2D eigenvalue weighted by atomic mass is 19.1. The van der Waals surface area contributed by atoms with Gasteiger partial charge in [-0.1, -0.05) is 13.0 Å². The molecule has 4 heteroatoms. The van der Waals surface area contributed by atoms with E-state index in [2.05, 4.69) is 5.10 Å². The van der Waals surface area contributed by atoms with Gasteiger partial charge < -0.3 is 5.73 Å². The summed E-state index contributed by atoms with van der Waals surface area (Å²) in [5.41, 5.74) is 8.38. The fraction of sp³-hybridized carbons (Fsp3) is 0.357. The molecule has 3 nitrogen and oxygen atoms in total. The van der Waals surface area contributed by atoms with E-state index in [0.29, 0.717) is 12.0 Å². The Morgan fingerprint density at radius 3 is 2.83 bits per heavy atom. The van der Waals surface area contributed by atoms with Crippen LogP contribution in [0.15, 0.2) is 30.6 Å². The molecular formula is C14H18FN3. The topological polar surface area (TPSA) is 43.8 Å². The maximum Gasteiger partial charge on any atom is 0.128 e. The van der Waals surface area contributed by atoms with Gasteiger partial charge in [0.1, 0.15) is 5.82 Å². The summed E-state index contributed by atoms with van der Waals surface area (Å²) in [7, 11) is 0. The first kappa shape index (κ1) is 12.8. The monoisotopic (exact) mass is 247 g/mol. The molecule has 96 valence electrons. The smallest absolute Gasteiger partial charge is 0.128 e. The maximum absolute atomic E-state index is 13.9. The van der Waals surface area contributed by atoms with Gasteiger partial charge in [-0.05, 0) is 37.5 Å². The molecule has 1 aromatic heterocycles. The molecule has 0 bridgehead atoms. The zero-order chi connectivity index (χ0) is 13.1. The molecule has 0 saturated heterocycles. The quantitative estimate of drug-likeness (QED) is 0.902. The van der Waals surface area contributed by atoms with Crippen LogP contribution < -0.4 is 5.73 Å². The number of aromatic nitrogens is 2. The minimum absolute atomic E-state index is 0.0303. The van der Waals surface area contributed by atoms with Gasteiger partial charge in [0.05, 0.1) is 11.9 Å². The van der Waals surface area contributed by atoms with Crippen molar-refractivity contribution in [1.29, 1.82) is 0 Å². The van der Waals surface area contributed by atoms with Gasteiger partial charge in [-0.25, -0.2) is 9.07 Å². The third kappa shape index (κ3) is 2.59. The summed E-state index contributed by atoms with van der Waals surface area (Å²) >= 11 is 0. The Hall–Kier alpha value is -1.68. The summed E-state index contributed by atoms with van der Waals surface area (Å²) in [6.07, 6.45) is 4.99. The molecule has 0 saturated carbocycles. The summed E-state index contributed by atoms with van der Waals surface area (Å²) in [5, 5.41) is 4.23. The van der Waals surface area contributed by atoms with Crippen LogP contribution in [-0.4, -0.2) is 15.8 Å². The van der Waals surface area contributed by atoms with Crippen LogP contribution in [0.25, 0.3) is 5.69 Å². The van der Waals surface area contributed by atoms with Crippen LogP contribution in [0.2, 0.25) is 0 Å². The molecule has 1 aromatic carbocycles. The van der Waals surface area contributed by atoms with E-state index in [-0.39, 0.29) is 11.9 Å². The average molecular weight is 247 g/mol. The molecule has 0 aliphatic rings. The first-order valence-corrected chi connectivity index (χ1v) is 6.16. The zero-order valence-corrected chi connectivity index (χ0v) is 10.7. The lowest BCUT2D eigenvalue weighted by Gasteiger charge is -2.14. The Labute approximate surface area is 106 Å². The van der Waals surface area contributed by atoms with Crippen molar-refractivity contribution in [2.24, 2.45) is 5.73 Å². The molecule has 2 rings (SSSR count). The van der Waals surface area contributed by atoms with Gasteiger partial charge in [0, 0.05) is 17.8 Å². The SMILES string of the molecule is CCC(N)Cc1c(F)cccc1-n1cc(C)cn1. The minimum Gasteiger partial charge on any atom is -0.327 e. The molecule has 1 heterocycles. The van der Waals surface area contributed by atoms with Gasteiger partial charge in [-0.2, -0.15) is 5.10 Å². The summed E-state index contributed by atoms with van der Waals surface area (Å²) in [5.74, 6) is -0.218. The first-order valence-electron chi connectivity index (χ1n) is 6.16. The molecule has 0 aliphatic carbocycles. The maximum atomic E-state index is 13.9. The van der Waals surface area contributed by atoms with Crippen molar-refractivity contribution in [3.63, 3.8) is 0 Å². The van der Waals surface area contributed by atoms with E-state index >= 15 is 0 Å². The molecule has 0 fully saturated rings. The van der Waals surface area contributed by atoms with Crippen LogP contribution in [0.3, 0.4) is 0 Å². The molecule has 1 atom stereocenters. The first-order chi connectivity index (χ1) is 8.61. The fourth-order valence-corrected chi connectivity index (χ4v) is 1.92. The van der Waals surface area contributed by atoms with Crippen LogP contribution >= 0.6 is 0 Å². The number of hydrogen-bond acceptors (Lipinski definition) is 2. The van der Waals surface area contributed by atoms with E-state index in [1.807, 2.05) is 26.1 Å². The number of nitrogens with two attached hydrogens (primary N) is 1. The zero-order valence-electron chi connectivity index (χ0n) is 10.7. The van der Waals surface area contributed by atoms with Gasteiger partial charge in [0.25, 0.3) is 0 Å². The summed E-state index contributed by atoms with van der Waals surface area (Å²) in [4.78, 5) is 0. The largest absolute Gasteiger partial charge is 0.327 e. The highest BCUT2D eigenvalue weighted by Crippen LogP contribution is 2.20. The highest BCUT2D eigenvalue weighted by molar-refractivity contribution is 5.42. The van der Waals surface area contributed by atoms with Crippen molar-refractivity contribution in [3.8, 4) is 5.69 Å². The molecule has 1 unspecified atom stereocenters. The predicted molar refractivity (Wildman–Crippen MR) is 70.2 cm³/mol. The van der Waals surface area contributed by atoms with Crippen LogP contribution in [0, 0.1) is 12.7 Å². The lowest BCUT2D eigenvalue weighted by atomic mass is 10.0. The van der Waals surface area contributed by atoms with E-state index in [9.17, 15) is 4.39 Å². The lowest BCUT2D eigenvalue weighted by molar-refractivity contribution is 0.575. The van der Waals surface area contributed by atoms with Crippen LogP contribution in [0.1, 0.15) is 24.5 Å². The van der Waals surface area contributed by atoms with Gasteiger partial charge >= 0.3 is 0 Å². The third-order valence-corrected chi connectivity index (χ3v) is 3.04. The van der Waals surface area contributed by atoms with Crippen LogP contribution in [-0.2, 0) is 6.42 Å². The van der Waals surface area contributed by atoms with Gasteiger partial charge in [-0.15, -0.1) is 0 Å². The van der Waals surface area contributed by atoms with Crippen molar-refractivity contribution in [3.05, 3.63) is 47.5 Å². The van der Waals surface area contributed by atoms with Gasteiger partial charge in [-0.3, -0.25) is 0 Å². The van der Waals surface area contributed by atoms with Gasteiger partial charge in [0.2, 0.25) is 0 Å². The number of aryl methyl sites for hydroxylation is 1. The Kier molecular flexibility index (Phi) is 3.77. The normalized spacial score (nSPS) is 12.7. The van der Waals surface area contributed by atoms with E-state index in [4.69, 9.17) is 5.73 Å². The minimum atomic E-state index is -0.218. The fourth-order valence-electron chi connectivity index (χ4n) is 1.92. The molecule has 2 N–H and O–H groups in total. The number of nitrogens with zero attached hydrogens (tertiary/aromatic N) is 2. The lowest BCUT2D eigenvalue weighted by Crippen LogP contribution is -2.23. The third-order valence-electron chi connectivity index (χ3n) is 3.04. The Bertz CT molecular complexity index is 534. The van der Waals surface area contributed by atoms with Crippen molar-refractivity contribution in [1.82, 2.24) is 9.78 Å². The molecule has 0 aliphatic heterocycles. The average Bonchev–Trinajstić information content (AvgIpc) is 2.78. The number of rotatable bonds is 4. The van der Waals surface area contributed by atoms with Crippen molar-refractivity contribution < 1.29 is 4.39 Å². The van der Waals surface area contributed by atoms with E-state index in [0.717, 1.165) is 17.7 Å².